The van der Waals surface area contributed by atoms with Crippen molar-refractivity contribution in [3.05, 3.63) is 72.3 Å². The second kappa shape index (κ2) is 12.1. The number of anilines is 2. The minimum absolute atomic E-state index is 0.336. The highest BCUT2D eigenvalue weighted by atomic mass is 32.2. The molecule has 0 radical (unpaired) electrons. The standard InChI is InChI=1S/C30H37N5O3SSi/c1-22-9-11-23(12-10-22)35-28(21-29(33-35)40(2,3)4)32-30(36)31-26-13-14-27(25-8-6-5-7-24(25)26)38-18-15-34-16-19-39(37)20-17-34/h5-14,21H,15-20H2,1-4H3,(H2,31,32,36). The molecule has 1 aromatic heterocycles. The van der Waals surface area contributed by atoms with Gasteiger partial charge in [0.05, 0.1) is 11.4 Å². The number of aryl methyl sites for hydroxylation is 1. The van der Waals surface area contributed by atoms with Gasteiger partial charge >= 0.3 is 6.03 Å². The number of rotatable bonds is 8. The van der Waals surface area contributed by atoms with Crippen LogP contribution in [0.5, 0.6) is 5.75 Å². The van der Waals surface area contributed by atoms with Crippen molar-refractivity contribution >= 4 is 52.9 Å². The molecule has 0 atom stereocenters. The van der Waals surface area contributed by atoms with Crippen LogP contribution < -0.4 is 20.7 Å². The maximum Gasteiger partial charge on any atom is 0.324 e. The fourth-order valence-corrected chi connectivity index (χ4v) is 6.78. The molecule has 4 aromatic rings. The summed E-state index contributed by atoms with van der Waals surface area (Å²) in [6, 6.07) is 21.5. The average Bonchev–Trinajstić information content (AvgIpc) is 3.35. The van der Waals surface area contributed by atoms with Crippen molar-refractivity contribution in [1.82, 2.24) is 14.7 Å². The quantitative estimate of drug-likeness (QED) is 0.229. The van der Waals surface area contributed by atoms with E-state index in [2.05, 4.69) is 35.2 Å². The van der Waals surface area contributed by atoms with Crippen LogP contribution in [-0.4, -0.2) is 71.1 Å². The fraction of sp³-hybridized carbons (Fsp3) is 0.333. The summed E-state index contributed by atoms with van der Waals surface area (Å²) in [7, 11) is -1.72. The molecule has 210 valence electrons. The van der Waals surface area contributed by atoms with E-state index in [9.17, 15) is 9.35 Å². The van der Waals surface area contributed by atoms with Gasteiger partial charge in [-0.2, -0.15) is 5.10 Å². The van der Waals surface area contributed by atoms with E-state index < -0.39 is 19.2 Å². The van der Waals surface area contributed by atoms with Gasteiger partial charge in [-0.15, -0.1) is 0 Å². The van der Waals surface area contributed by atoms with Gasteiger partial charge in [0.2, 0.25) is 0 Å². The third-order valence-corrected chi connectivity index (χ3v) is 10.1. The maximum absolute atomic E-state index is 13.3. The molecule has 5 rings (SSSR count). The second-order valence-corrected chi connectivity index (χ2v) is 17.9. The van der Waals surface area contributed by atoms with Crippen LogP contribution in [0.2, 0.25) is 19.6 Å². The summed E-state index contributed by atoms with van der Waals surface area (Å²) in [5.74, 6) is 2.87. The molecular formula is C30H37N5O3SSi. The highest BCUT2D eigenvalue weighted by molar-refractivity contribution is 7.91. The smallest absolute Gasteiger partial charge is 0.324 e. The van der Waals surface area contributed by atoms with Gasteiger partial charge in [-0.3, -0.25) is 10.2 Å². The highest BCUT2D eigenvalue weighted by Gasteiger charge is 2.24. The van der Waals surface area contributed by atoms with E-state index in [4.69, 9.17) is 9.84 Å². The lowest BCUT2D eigenvalue weighted by Gasteiger charge is -2.27. The number of hydrogen-bond acceptors (Lipinski definition) is 5. The van der Waals surface area contributed by atoms with Crippen LogP contribution in [-0.2, 0) is 11.2 Å². The zero-order chi connectivity index (χ0) is 28.3. The third-order valence-electron chi connectivity index (χ3n) is 7.07. The van der Waals surface area contributed by atoms with Gasteiger partial charge in [-0.25, -0.2) is 9.48 Å². The number of urea groups is 1. The molecule has 3 aromatic carbocycles. The summed E-state index contributed by atoms with van der Waals surface area (Å²) in [4.78, 5) is 15.6. The third kappa shape index (κ3) is 6.69. The molecule has 2 amide bonds. The molecule has 0 spiro atoms. The molecular weight excluding hydrogens is 539 g/mol. The number of nitrogens with zero attached hydrogens (tertiary/aromatic N) is 3. The first-order valence-electron chi connectivity index (χ1n) is 13.6. The Balaban J connectivity index is 1.31. The van der Waals surface area contributed by atoms with E-state index in [0.717, 1.165) is 64.2 Å². The SMILES string of the molecule is Cc1ccc(-n2nc([Si](C)(C)C)cc2NC(=O)Nc2ccc(OCCN3CC[S+]([O-])CC3)c3ccccc23)cc1. The van der Waals surface area contributed by atoms with Crippen molar-refractivity contribution in [3.63, 3.8) is 0 Å². The number of ether oxygens (including phenoxy) is 1. The van der Waals surface area contributed by atoms with Gasteiger partial charge in [0, 0.05) is 35.7 Å². The molecule has 2 heterocycles. The number of carbonyl (C=O) groups is 1. The summed E-state index contributed by atoms with van der Waals surface area (Å²) in [6.45, 7) is 11.8. The molecule has 1 saturated heterocycles. The summed E-state index contributed by atoms with van der Waals surface area (Å²) >= 11 is -0.682. The number of benzene rings is 3. The van der Waals surface area contributed by atoms with E-state index in [1.807, 2.05) is 78.3 Å². The Bertz CT molecular complexity index is 1480. The Morgan fingerprint density at radius 1 is 1.00 bits per heavy atom. The molecule has 1 fully saturated rings. The van der Waals surface area contributed by atoms with Crippen LogP contribution in [0.4, 0.5) is 16.3 Å². The van der Waals surface area contributed by atoms with Crippen molar-refractivity contribution < 1.29 is 14.1 Å². The number of carbonyl (C=O) groups excluding carboxylic acids is 1. The van der Waals surface area contributed by atoms with Crippen molar-refractivity contribution in [3.8, 4) is 11.4 Å². The summed E-state index contributed by atoms with van der Waals surface area (Å²) < 4.78 is 19.6. The minimum Gasteiger partial charge on any atom is -0.616 e. The lowest BCUT2D eigenvalue weighted by atomic mass is 10.1. The Kier molecular flexibility index (Phi) is 8.50. The van der Waals surface area contributed by atoms with Crippen molar-refractivity contribution in [1.29, 1.82) is 0 Å². The number of nitrogens with one attached hydrogen (secondary N) is 2. The van der Waals surface area contributed by atoms with Crippen LogP contribution in [0, 0.1) is 6.92 Å². The van der Waals surface area contributed by atoms with E-state index >= 15 is 0 Å². The Morgan fingerprint density at radius 2 is 1.70 bits per heavy atom. The largest absolute Gasteiger partial charge is 0.616 e. The molecule has 1 aliphatic heterocycles. The number of aromatic nitrogens is 2. The minimum atomic E-state index is -1.72. The Hall–Kier alpha value is -3.31. The molecule has 0 saturated carbocycles. The number of fused-ring (bicyclic) bond motifs is 1. The first kappa shape index (κ1) is 28.2. The van der Waals surface area contributed by atoms with Gasteiger partial charge in [-0.1, -0.05) is 72.8 Å². The lowest BCUT2D eigenvalue weighted by molar-refractivity contribution is 0.221. The van der Waals surface area contributed by atoms with Crippen molar-refractivity contribution in [2.75, 3.05) is 48.4 Å². The zero-order valence-corrected chi connectivity index (χ0v) is 25.4. The van der Waals surface area contributed by atoms with Gasteiger partial charge in [0.1, 0.15) is 37.8 Å². The molecule has 2 N–H and O–H groups in total. The van der Waals surface area contributed by atoms with Crippen LogP contribution >= 0.6 is 0 Å². The molecule has 0 bridgehead atoms. The molecule has 1 aliphatic rings. The van der Waals surface area contributed by atoms with E-state index in [0.29, 0.717) is 18.1 Å². The highest BCUT2D eigenvalue weighted by Crippen LogP contribution is 2.32. The fourth-order valence-electron chi connectivity index (χ4n) is 4.68. The zero-order valence-electron chi connectivity index (χ0n) is 23.6. The van der Waals surface area contributed by atoms with Gasteiger partial charge in [-0.05, 0) is 37.3 Å². The summed E-state index contributed by atoms with van der Waals surface area (Å²) in [5, 5.41) is 13.8. The van der Waals surface area contributed by atoms with Crippen LogP contribution in [0.25, 0.3) is 16.5 Å². The maximum atomic E-state index is 13.3. The van der Waals surface area contributed by atoms with Gasteiger partial charge in [0.25, 0.3) is 0 Å². The molecule has 0 unspecified atom stereocenters. The number of hydrogen-bond donors (Lipinski definition) is 2. The van der Waals surface area contributed by atoms with Crippen LogP contribution in [0.15, 0.2) is 66.7 Å². The average molecular weight is 576 g/mol. The second-order valence-electron chi connectivity index (χ2n) is 11.2. The first-order chi connectivity index (χ1) is 19.2. The first-order valence-corrected chi connectivity index (χ1v) is 18.6. The topological polar surface area (TPSA) is 94.5 Å². The van der Waals surface area contributed by atoms with Gasteiger partial charge < -0.3 is 14.6 Å². The summed E-state index contributed by atoms with van der Waals surface area (Å²) in [6.07, 6.45) is 0. The lowest BCUT2D eigenvalue weighted by Crippen LogP contribution is -2.42. The normalized spacial score (nSPS) is 14.8. The monoisotopic (exact) mass is 575 g/mol. The summed E-state index contributed by atoms with van der Waals surface area (Å²) in [5.41, 5.74) is 2.76. The predicted octanol–water partition coefficient (Wildman–Crippen LogP) is 4.97. The van der Waals surface area contributed by atoms with Gasteiger partial charge in [0.15, 0.2) is 0 Å². The van der Waals surface area contributed by atoms with E-state index in [-0.39, 0.29) is 6.03 Å². The Labute approximate surface area is 239 Å². The van der Waals surface area contributed by atoms with E-state index in [1.54, 1.807) is 0 Å². The van der Waals surface area contributed by atoms with Crippen LogP contribution in [0.3, 0.4) is 0 Å². The van der Waals surface area contributed by atoms with Crippen molar-refractivity contribution in [2.24, 2.45) is 0 Å². The molecule has 40 heavy (non-hydrogen) atoms. The van der Waals surface area contributed by atoms with Crippen LogP contribution in [0.1, 0.15) is 5.56 Å². The molecule has 0 aliphatic carbocycles. The van der Waals surface area contributed by atoms with E-state index in [1.165, 1.54) is 0 Å². The number of amides is 2. The molecule has 10 heteroatoms. The van der Waals surface area contributed by atoms with Crippen molar-refractivity contribution in [2.45, 2.75) is 26.6 Å². The molecule has 8 nitrogen and oxygen atoms in total. The predicted molar refractivity (Wildman–Crippen MR) is 168 cm³/mol. The Morgan fingerprint density at radius 3 is 2.40 bits per heavy atom.